The first-order chi connectivity index (χ1) is 8.49. The molecule has 0 amide bonds. The van der Waals surface area contributed by atoms with Crippen molar-refractivity contribution in [1.29, 1.82) is 0 Å². The molecule has 0 fully saturated rings. The Hall–Kier alpha value is -1.12. The highest BCUT2D eigenvalue weighted by atomic mass is 15.2. The molecule has 0 aliphatic rings. The van der Waals surface area contributed by atoms with E-state index in [4.69, 9.17) is 5.73 Å². The first kappa shape index (κ1) is 14.9. The normalized spacial score (nSPS) is 11.8. The monoisotopic (exact) mass is 246 g/mol. The van der Waals surface area contributed by atoms with Gasteiger partial charge in [0, 0.05) is 25.2 Å². The van der Waals surface area contributed by atoms with Crippen molar-refractivity contribution in [1.82, 2.24) is 4.90 Å². The molecule has 2 nitrogen and oxygen atoms in total. The van der Waals surface area contributed by atoms with E-state index in [1.165, 1.54) is 11.1 Å². The van der Waals surface area contributed by atoms with E-state index in [0.717, 1.165) is 19.5 Å². The van der Waals surface area contributed by atoms with Gasteiger partial charge in [-0.15, -0.1) is 6.58 Å². The van der Waals surface area contributed by atoms with Crippen LogP contribution in [0, 0.1) is 0 Å². The Balaban J connectivity index is 2.70. The van der Waals surface area contributed by atoms with Gasteiger partial charge in [-0.25, -0.2) is 0 Å². The van der Waals surface area contributed by atoms with Gasteiger partial charge in [-0.1, -0.05) is 30.3 Å². The molecule has 0 unspecified atom stereocenters. The number of nitrogens with zero attached hydrogens (tertiary/aromatic N) is 1. The first-order valence-corrected chi connectivity index (χ1v) is 6.62. The fourth-order valence-corrected chi connectivity index (χ4v) is 2.11. The van der Waals surface area contributed by atoms with Crippen molar-refractivity contribution in [3.63, 3.8) is 0 Å². The third kappa shape index (κ3) is 4.28. The van der Waals surface area contributed by atoms with Crippen molar-refractivity contribution in [3.05, 3.63) is 48.0 Å². The minimum atomic E-state index is 0.172. The molecular formula is C16H26N2. The van der Waals surface area contributed by atoms with E-state index in [-0.39, 0.29) is 5.54 Å². The van der Waals surface area contributed by atoms with Crippen LogP contribution in [0.25, 0.3) is 0 Å². The van der Waals surface area contributed by atoms with Gasteiger partial charge in [0.1, 0.15) is 0 Å². The molecule has 0 radical (unpaired) electrons. The molecule has 0 atom stereocenters. The summed E-state index contributed by atoms with van der Waals surface area (Å²) in [6, 6.07) is 8.43. The number of rotatable bonds is 6. The van der Waals surface area contributed by atoms with E-state index in [2.05, 4.69) is 56.5 Å². The molecule has 0 saturated heterocycles. The predicted octanol–water partition coefficient (Wildman–Crippen LogP) is 2.97. The Bertz CT molecular complexity index is 377. The van der Waals surface area contributed by atoms with Crippen LogP contribution in [-0.4, -0.2) is 23.5 Å². The maximum absolute atomic E-state index is 5.77. The van der Waals surface area contributed by atoms with Crippen molar-refractivity contribution in [2.45, 2.75) is 39.3 Å². The van der Waals surface area contributed by atoms with Crippen LogP contribution in [0.2, 0.25) is 0 Å². The molecule has 100 valence electrons. The van der Waals surface area contributed by atoms with Gasteiger partial charge in [-0.3, -0.25) is 4.90 Å². The van der Waals surface area contributed by atoms with Gasteiger partial charge >= 0.3 is 0 Å². The van der Waals surface area contributed by atoms with Crippen LogP contribution in [0.5, 0.6) is 0 Å². The third-order valence-corrected chi connectivity index (χ3v) is 3.29. The van der Waals surface area contributed by atoms with Crippen molar-refractivity contribution in [3.8, 4) is 0 Å². The summed E-state index contributed by atoms with van der Waals surface area (Å²) >= 11 is 0. The molecule has 1 aromatic rings. The summed E-state index contributed by atoms with van der Waals surface area (Å²) in [6.45, 7) is 13.1. The van der Waals surface area contributed by atoms with Gasteiger partial charge in [-0.05, 0) is 38.3 Å². The highest BCUT2D eigenvalue weighted by Gasteiger charge is 2.19. The van der Waals surface area contributed by atoms with Gasteiger partial charge in [0.2, 0.25) is 0 Å². The van der Waals surface area contributed by atoms with Crippen LogP contribution < -0.4 is 5.73 Å². The van der Waals surface area contributed by atoms with Crippen molar-refractivity contribution in [2.75, 3.05) is 13.1 Å². The minimum absolute atomic E-state index is 0.172. The van der Waals surface area contributed by atoms with E-state index in [1.807, 2.05) is 6.08 Å². The Morgan fingerprint density at radius 1 is 1.22 bits per heavy atom. The summed E-state index contributed by atoms with van der Waals surface area (Å²) in [5.74, 6) is 0. The third-order valence-electron chi connectivity index (χ3n) is 3.29. The van der Waals surface area contributed by atoms with Crippen LogP contribution >= 0.6 is 0 Å². The Morgan fingerprint density at radius 2 is 1.83 bits per heavy atom. The van der Waals surface area contributed by atoms with Crippen LogP contribution in [0.15, 0.2) is 36.9 Å². The number of hydrogen-bond acceptors (Lipinski definition) is 2. The average Bonchev–Trinajstić information content (AvgIpc) is 2.33. The molecule has 0 aliphatic heterocycles. The van der Waals surface area contributed by atoms with Gasteiger partial charge in [0.15, 0.2) is 0 Å². The van der Waals surface area contributed by atoms with E-state index >= 15 is 0 Å². The summed E-state index contributed by atoms with van der Waals surface area (Å²) in [7, 11) is 0. The van der Waals surface area contributed by atoms with Crippen molar-refractivity contribution >= 4 is 0 Å². The highest BCUT2D eigenvalue weighted by molar-refractivity contribution is 5.27. The summed E-state index contributed by atoms with van der Waals surface area (Å²) < 4.78 is 0. The maximum atomic E-state index is 5.77. The lowest BCUT2D eigenvalue weighted by Gasteiger charge is -2.35. The summed E-state index contributed by atoms with van der Waals surface area (Å²) in [6.07, 6.45) is 3.01. The molecule has 2 N–H and O–H groups in total. The smallest absolute Gasteiger partial charge is 0.0180 e. The molecule has 1 aromatic carbocycles. The lowest BCUT2D eigenvalue weighted by Crippen LogP contribution is -2.42. The Labute approximate surface area is 111 Å². The molecule has 0 aliphatic carbocycles. The average molecular weight is 246 g/mol. The van der Waals surface area contributed by atoms with E-state index in [1.54, 1.807) is 0 Å². The largest absolute Gasteiger partial charge is 0.326 e. The molecule has 0 saturated carbocycles. The fraction of sp³-hybridized carbons (Fsp3) is 0.500. The van der Waals surface area contributed by atoms with Gasteiger partial charge in [-0.2, -0.15) is 0 Å². The quantitative estimate of drug-likeness (QED) is 0.782. The van der Waals surface area contributed by atoms with Crippen molar-refractivity contribution in [2.24, 2.45) is 5.73 Å². The maximum Gasteiger partial charge on any atom is 0.0180 e. The fourth-order valence-electron chi connectivity index (χ4n) is 2.11. The zero-order valence-electron chi connectivity index (χ0n) is 11.9. The SMILES string of the molecule is C=CCN(CCc1ccccc1CN)C(C)(C)C. The first-order valence-electron chi connectivity index (χ1n) is 6.62. The summed E-state index contributed by atoms with van der Waals surface area (Å²) in [4.78, 5) is 2.44. The van der Waals surface area contributed by atoms with E-state index in [0.29, 0.717) is 6.54 Å². The van der Waals surface area contributed by atoms with E-state index < -0.39 is 0 Å². The summed E-state index contributed by atoms with van der Waals surface area (Å²) in [5.41, 5.74) is 8.56. The van der Waals surface area contributed by atoms with Gasteiger partial charge < -0.3 is 5.73 Å². The number of nitrogens with two attached hydrogens (primary N) is 1. The van der Waals surface area contributed by atoms with Crippen LogP contribution in [-0.2, 0) is 13.0 Å². The molecular weight excluding hydrogens is 220 g/mol. The van der Waals surface area contributed by atoms with Gasteiger partial charge in [0.05, 0.1) is 0 Å². The summed E-state index contributed by atoms with van der Waals surface area (Å²) in [5, 5.41) is 0. The molecule has 0 bridgehead atoms. The molecule has 18 heavy (non-hydrogen) atoms. The van der Waals surface area contributed by atoms with Crippen LogP contribution in [0.1, 0.15) is 31.9 Å². The van der Waals surface area contributed by atoms with E-state index in [9.17, 15) is 0 Å². The second-order valence-electron chi connectivity index (χ2n) is 5.63. The zero-order valence-corrected chi connectivity index (χ0v) is 11.9. The Kier molecular flexibility index (Phi) is 5.57. The van der Waals surface area contributed by atoms with Crippen molar-refractivity contribution < 1.29 is 0 Å². The minimum Gasteiger partial charge on any atom is -0.326 e. The highest BCUT2D eigenvalue weighted by Crippen LogP contribution is 2.15. The lowest BCUT2D eigenvalue weighted by atomic mass is 10.0. The molecule has 1 rings (SSSR count). The topological polar surface area (TPSA) is 29.3 Å². The second-order valence-corrected chi connectivity index (χ2v) is 5.63. The predicted molar refractivity (Wildman–Crippen MR) is 79.6 cm³/mol. The van der Waals surface area contributed by atoms with Gasteiger partial charge in [0.25, 0.3) is 0 Å². The molecule has 0 heterocycles. The van der Waals surface area contributed by atoms with Crippen LogP contribution in [0.3, 0.4) is 0 Å². The number of hydrogen-bond donors (Lipinski definition) is 1. The molecule has 0 spiro atoms. The molecule has 0 aromatic heterocycles. The molecule has 2 heteroatoms. The zero-order chi connectivity index (χ0) is 13.6. The lowest BCUT2D eigenvalue weighted by molar-refractivity contribution is 0.156. The van der Waals surface area contributed by atoms with Crippen LogP contribution in [0.4, 0.5) is 0 Å². The second kappa shape index (κ2) is 6.72. The Morgan fingerprint density at radius 3 is 2.33 bits per heavy atom. The standard InChI is InChI=1S/C16H26N2/c1-5-11-18(16(2,3)4)12-10-14-8-6-7-9-15(14)13-17/h5-9H,1,10-13,17H2,2-4H3. The number of benzene rings is 1.